The average molecular weight is 249 g/mol. The van der Waals surface area contributed by atoms with E-state index in [4.69, 9.17) is 5.73 Å². The predicted octanol–water partition coefficient (Wildman–Crippen LogP) is 1.46. The van der Waals surface area contributed by atoms with Crippen molar-refractivity contribution < 1.29 is 8.42 Å². The summed E-state index contributed by atoms with van der Waals surface area (Å²) in [6.07, 6.45) is 0. The van der Waals surface area contributed by atoms with Crippen molar-refractivity contribution in [3.8, 4) is 0 Å². The third-order valence-corrected chi connectivity index (χ3v) is 3.72. The Kier molecular flexibility index (Phi) is 2.87. The Morgan fingerprint density at radius 3 is 2.42 bits per heavy atom. The third kappa shape index (κ3) is 1.85. The number of hydrogen-bond donors (Lipinski definition) is 0. The molecule has 0 fully saturated rings. The van der Waals surface area contributed by atoms with Crippen molar-refractivity contribution in [3.05, 3.63) is 28.7 Å². The molecule has 1 rings (SSSR count). The van der Waals surface area contributed by atoms with Gasteiger partial charge in [-0.15, -0.1) is 0 Å². The van der Waals surface area contributed by atoms with Crippen LogP contribution in [-0.4, -0.2) is 14.3 Å². The molecular weight excluding hydrogens is 242 g/mol. The van der Waals surface area contributed by atoms with Crippen LogP contribution in [-0.2, 0) is 9.84 Å². The summed E-state index contributed by atoms with van der Waals surface area (Å²) in [6, 6.07) is 6.48. The summed E-state index contributed by atoms with van der Waals surface area (Å²) in [5, 5.41) is 0. The van der Waals surface area contributed by atoms with Crippen LogP contribution in [0.2, 0.25) is 0 Å². The van der Waals surface area contributed by atoms with Crippen LogP contribution in [0.5, 0.6) is 0 Å². The predicted molar refractivity (Wildman–Crippen MR) is 49.3 cm³/mol. The molecular formula is C7H7BrNO2S. The van der Waals surface area contributed by atoms with Gasteiger partial charge < -0.3 is 0 Å². The first-order chi connectivity index (χ1) is 5.58. The fourth-order valence-electron chi connectivity index (χ4n) is 0.775. The fraction of sp³-hybridized carbons (Fsp3) is 0.143. The minimum absolute atomic E-state index is 0.181. The van der Waals surface area contributed by atoms with Gasteiger partial charge in [0.2, 0.25) is 0 Å². The second-order valence-corrected chi connectivity index (χ2v) is 5.00. The Labute approximate surface area is 79.6 Å². The molecule has 0 aliphatic carbocycles. The van der Waals surface area contributed by atoms with E-state index in [0.717, 1.165) is 0 Å². The molecule has 0 saturated carbocycles. The Bertz CT molecular complexity index is 375. The zero-order valence-corrected chi connectivity index (χ0v) is 8.52. The summed E-state index contributed by atoms with van der Waals surface area (Å²) in [4.78, 5) is 0.181. The highest BCUT2D eigenvalue weighted by Gasteiger charge is 2.14. The highest BCUT2D eigenvalue weighted by atomic mass is 79.9. The van der Waals surface area contributed by atoms with Gasteiger partial charge in [0.15, 0.2) is 9.84 Å². The van der Waals surface area contributed by atoms with Gasteiger partial charge in [-0.2, -0.15) is 0 Å². The summed E-state index contributed by atoms with van der Waals surface area (Å²) < 4.78 is 22.9. The Balaban J connectivity index is 3.30. The summed E-state index contributed by atoms with van der Waals surface area (Å²) >= 11 is 3.11. The van der Waals surface area contributed by atoms with Crippen molar-refractivity contribution in [2.75, 3.05) is 5.88 Å². The maximum Gasteiger partial charge on any atom is 0.193 e. The topological polar surface area (TPSA) is 57.9 Å². The largest absolute Gasteiger partial charge is 0.241 e. The molecule has 0 aromatic heterocycles. The molecule has 0 spiro atoms. The molecule has 0 saturated heterocycles. The van der Waals surface area contributed by atoms with E-state index in [1.54, 1.807) is 18.2 Å². The van der Waals surface area contributed by atoms with Gasteiger partial charge in [0.05, 0.1) is 4.90 Å². The molecule has 65 valence electrons. The minimum atomic E-state index is -3.41. The van der Waals surface area contributed by atoms with Gasteiger partial charge >= 0.3 is 0 Å². The van der Waals surface area contributed by atoms with E-state index in [0.29, 0.717) is 4.47 Å². The maximum absolute atomic E-state index is 11.2. The first-order valence-electron chi connectivity index (χ1n) is 3.20. The van der Waals surface area contributed by atoms with Crippen molar-refractivity contribution in [1.82, 2.24) is 5.73 Å². The van der Waals surface area contributed by atoms with E-state index >= 15 is 0 Å². The molecule has 1 radical (unpaired) electrons. The molecule has 1 aromatic carbocycles. The number of halogens is 1. The number of nitrogens with one attached hydrogen (secondary N) is 1. The lowest BCUT2D eigenvalue weighted by Crippen LogP contribution is -2.07. The molecule has 0 aliphatic heterocycles. The maximum atomic E-state index is 11.2. The van der Waals surface area contributed by atoms with E-state index in [1.807, 2.05) is 0 Å². The fourth-order valence-corrected chi connectivity index (χ4v) is 2.61. The van der Waals surface area contributed by atoms with Crippen LogP contribution in [0.25, 0.3) is 0 Å². The van der Waals surface area contributed by atoms with Gasteiger partial charge in [0, 0.05) is 4.47 Å². The van der Waals surface area contributed by atoms with Crippen LogP contribution in [0, 0.1) is 0 Å². The van der Waals surface area contributed by atoms with Gasteiger partial charge in [0.25, 0.3) is 0 Å². The zero-order chi connectivity index (χ0) is 9.19. The van der Waals surface area contributed by atoms with Crippen LogP contribution in [0.3, 0.4) is 0 Å². The summed E-state index contributed by atoms with van der Waals surface area (Å²) in [5.41, 5.74) is 6.83. The van der Waals surface area contributed by atoms with Crippen molar-refractivity contribution in [3.63, 3.8) is 0 Å². The molecule has 0 amide bonds. The van der Waals surface area contributed by atoms with Crippen molar-refractivity contribution >= 4 is 25.8 Å². The molecule has 0 atom stereocenters. The Hall–Kier alpha value is -0.390. The first-order valence-corrected chi connectivity index (χ1v) is 5.64. The Morgan fingerprint density at radius 2 is 1.92 bits per heavy atom. The molecule has 0 aliphatic rings. The van der Waals surface area contributed by atoms with E-state index in [9.17, 15) is 8.42 Å². The first kappa shape index (κ1) is 9.70. The van der Waals surface area contributed by atoms with Crippen LogP contribution < -0.4 is 5.73 Å². The second-order valence-electron chi connectivity index (χ2n) is 2.19. The number of hydrogen-bond acceptors (Lipinski definition) is 2. The summed E-state index contributed by atoms with van der Waals surface area (Å²) in [5.74, 6) is -0.615. The number of sulfone groups is 1. The highest BCUT2D eigenvalue weighted by molar-refractivity contribution is 9.10. The lowest BCUT2D eigenvalue weighted by molar-refractivity contribution is 0.595. The summed E-state index contributed by atoms with van der Waals surface area (Å²) in [6.45, 7) is 0. The Morgan fingerprint density at radius 1 is 1.33 bits per heavy atom. The monoisotopic (exact) mass is 248 g/mol. The standard InChI is InChI=1S/C7H7BrNO2S/c8-6-3-1-2-4-7(6)12(10,11)5-9/h1-4,9H,5H2. The van der Waals surface area contributed by atoms with E-state index in [-0.39, 0.29) is 4.90 Å². The average Bonchev–Trinajstić information content (AvgIpc) is 2.05. The number of benzene rings is 1. The highest BCUT2D eigenvalue weighted by Crippen LogP contribution is 2.21. The molecule has 0 bridgehead atoms. The molecule has 0 unspecified atom stereocenters. The van der Waals surface area contributed by atoms with Gasteiger partial charge in [-0.3, -0.25) is 0 Å². The molecule has 12 heavy (non-hydrogen) atoms. The lowest BCUT2D eigenvalue weighted by atomic mass is 10.4. The van der Waals surface area contributed by atoms with Crippen LogP contribution >= 0.6 is 15.9 Å². The minimum Gasteiger partial charge on any atom is -0.241 e. The van der Waals surface area contributed by atoms with E-state index < -0.39 is 15.7 Å². The second kappa shape index (κ2) is 3.55. The van der Waals surface area contributed by atoms with Crippen molar-refractivity contribution in [1.29, 1.82) is 0 Å². The number of rotatable bonds is 2. The molecule has 0 heterocycles. The van der Waals surface area contributed by atoms with E-state index in [2.05, 4.69) is 15.9 Å². The third-order valence-electron chi connectivity index (χ3n) is 1.36. The lowest BCUT2D eigenvalue weighted by Gasteiger charge is -2.01. The van der Waals surface area contributed by atoms with Gasteiger partial charge in [-0.25, -0.2) is 14.2 Å². The van der Waals surface area contributed by atoms with Crippen molar-refractivity contribution in [2.45, 2.75) is 4.90 Å². The molecule has 3 nitrogen and oxygen atoms in total. The van der Waals surface area contributed by atoms with Gasteiger partial charge in [-0.1, -0.05) is 12.1 Å². The SMILES string of the molecule is [NH]CS(=O)(=O)c1ccccc1Br. The molecule has 5 heteroatoms. The zero-order valence-electron chi connectivity index (χ0n) is 6.12. The van der Waals surface area contributed by atoms with Crippen LogP contribution in [0.1, 0.15) is 0 Å². The molecule has 1 N–H and O–H groups in total. The quantitative estimate of drug-likeness (QED) is 0.796. The van der Waals surface area contributed by atoms with Gasteiger partial charge in [-0.05, 0) is 28.1 Å². The van der Waals surface area contributed by atoms with Gasteiger partial charge in [0.1, 0.15) is 5.88 Å². The van der Waals surface area contributed by atoms with E-state index in [1.165, 1.54) is 6.07 Å². The van der Waals surface area contributed by atoms with Crippen LogP contribution in [0.4, 0.5) is 0 Å². The summed E-state index contributed by atoms with van der Waals surface area (Å²) in [7, 11) is -3.41. The normalized spacial score (nSPS) is 11.5. The van der Waals surface area contributed by atoms with Crippen molar-refractivity contribution in [2.24, 2.45) is 0 Å². The smallest absolute Gasteiger partial charge is 0.193 e. The molecule has 1 aromatic rings. The van der Waals surface area contributed by atoms with Crippen LogP contribution in [0.15, 0.2) is 33.6 Å².